The second-order valence-corrected chi connectivity index (χ2v) is 8.13. The second-order valence-electron chi connectivity index (χ2n) is 7.69. The minimum absolute atomic E-state index is 0.00699. The van der Waals surface area contributed by atoms with Crippen LogP contribution in [0, 0.1) is 0 Å². The van der Waals surface area contributed by atoms with Gasteiger partial charge in [-0.05, 0) is 23.8 Å². The highest BCUT2D eigenvalue weighted by molar-refractivity contribution is 6.31. The van der Waals surface area contributed by atoms with Gasteiger partial charge in [-0.1, -0.05) is 17.7 Å². The predicted molar refractivity (Wildman–Crippen MR) is 113 cm³/mol. The van der Waals surface area contributed by atoms with Gasteiger partial charge in [0, 0.05) is 72.5 Å². The molecule has 3 N–H and O–H groups in total. The van der Waals surface area contributed by atoms with Crippen molar-refractivity contribution in [2.24, 2.45) is 5.73 Å². The molecule has 3 aliphatic rings. The quantitative estimate of drug-likeness (QED) is 0.779. The van der Waals surface area contributed by atoms with Crippen molar-refractivity contribution in [2.75, 3.05) is 26.2 Å². The minimum atomic E-state index is -0.573. The van der Waals surface area contributed by atoms with E-state index in [9.17, 15) is 9.59 Å². The molecule has 1 aliphatic carbocycles. The normalized spacial score (nSPS) is 19.7. The van der Waals surface area contributed by atoms with Crippen molar-refractivity contribution in [3.63, 3.8) is 0 Å². The van der Waals surface area contributed by atoms with E-state index < -0.39 is 12.0 Å². The van der Waals surface area contributed by atoms with Crippen LogP contribution < -0.4 is 15.8 Å². The molecule has 2 amide bonds. The van der Waals surface area contributed by atoms with Crippen molar-refractivity contribution in [3.05, 3.63) is 52.3 Å². The van der Waals surface area contributed by atoms with Crippen LogP contribution in [0.2, 0.25) is 5.02 Å². The van der Waals surface area contributed by atoms with E-state index in [1.807, 2.05) is 23.1 Å². The molecule has 2 aliphatic heterocycles. The molecule has 1 atom stereocenters. The van der Waals surface area contributed by atoms with Crippen molar-refractivity contribution < 1.29 is 14.3 Å². The first-order valence-corrected chi connectivity index (χ1v) is 10.4. The number of hydrogen-bond donors (Lipinski definition) is 2. The molecule has 1 aromatic heterocycles. The Morgan fingerprint density at radius 1 is 1.23 bits per heavy atom. The fourth-order valence-electron chi connectivity index (χ4n) is 4.46. The summed E-state index contributed by atoms with van der Waals surface area (Å²) >= 11 is 6.42. The number of carbonyl (C=O) groups is 2. The van der Waals surface area contributed by atoms with Crippen LogP contribution >= 0.6 is 11.6 Å². The van der Waals surface area contributed by atoms with Crippen LogP contribution in [-0.2, 0) is 22.4 Å². The zero-order chi connectivity index (χ0) is 20.8. The van der Waals surface area contributed by atoms with Crippen LogP contribution in [0.15, 0.2) is 30.5 Å². The summed E-state index contributed by atoms with van der Waals surface area (Å²) < 4.78 is 6.19. The fraction of sp³-hybridized carbons (Fsp3) is 0.318. The number of halogens is 1. The van der Waals surface area contributed by atoms with Crippen molar-refractivity contribution in [2.45, 2.75) is 18.9 Å². The van der Waals surface area contributed by atoms with Crippen molar-refractivity contribution in [1.82, 2.24) is 15.2 Å². The third kappa shape index (κ3) is 3.14. The number of nitrogens with two attached hydrogens (primary N) is 1. The number of rotatable bonds is 3. The molecule has 154 valence electrons. The Morgan fingerprint density at radius 2 is 2.03 bits per heavy atom. The van der Waals surface area contributed by atoms with Crippen LogP contribution in [0.5, 0.6) is 5.75 Å². The second kappa shape index (κ2) is 7.41. The van der Waals surface area contributed by atoms with Gasteiger partial charge in [0.15, 0.2) is 6.10 Å². The number of amides is 2. The van der Waals surface area contributed by atoms with Gasteiger partial charge in [-0.3, -0.25) is 14.6 Å². The van der Waals surface area contributed by atoms with E-state index in [4.69, 9.17) is 22.1 Å². The first kappa shape index (κ1) is 19.1. The average molecular weight is 425 g/mol. The largest absolute Gasteiger partial charge is 0.479 e. The van der Waals surface area contributed by atoms with E-state index in [2.05, 4.69) is 10.3 Å². The summed E-state index contributed by atoms with van der Waals surface area (Å²) in [5.41, 5.74) is 9.99. The number of hydrogen-bond acceptors (Lipinski definition) is 5. The molecule has 1 aromatic carbocycles. The lowest BCUT2D eigenvalue weighted by molar-refractivity contribution is -0.138. The first-order chi connectivity index (χ1) is 14.5. The fourth-order valence-corrected chi connectivity index (χ4v) is 4.70. The number of benzene rings is 1. The van der Waals surface area contributed by atoms with Crippen LogP contribution in [0.3, 0.4) is 0 Å². The molecule has 0 spiro atoms. The lowest BCUT2D eigenvalue weighted by Gasteiger charge is -2.29. The summed E-state index contributed by atoms with van der Waals surface area (Å²) in [5, 5.41) is 3.80. The monoisotopic (exact) mass is 424 g/mol. The van der Waals surface area contributed by atoms with Gasteiger partial charge in [0.25, 0.3) is 5.91 Å². The SMILES string of the molecule is NC(=O)C1=CCc2nccc(-c3cc(Cl)cc4c3O[C@H](C(=O)N3CCNCC3)C4)c21. The Bertz CT molecular complexity index is 1090. The van der Waals surface area contributed by atoms with Crippen molar-refractivity contribution >= 4 is 29.0 Å². The summed E-state index contributed by atoms with van der Waals surface area (Å²) in [5.74, 6) is 0.138. The number of fused-ring (bicyclic) bond motifs is 2. The van der Waals surface area contributed by atoms with E-state index in [-0.39, 0.29) is 5.91 Å². The molecule has 1 saturated heterocycles. The lowest BCUT2D eigenvalue weighted by Crippen LogP contribution is -2.50. The number of allylic oxidation sites excluding steroid dienone is 1. The summed E-state index contributed by atoms with van der Waals surface area (Å²) in [6.45, 7) is 2.92. The summed E-state index contributed by atoms with van der Waals surface area (Å²) in [7, 11) is 0. The zero-order valence-electron chi connectivity index (χ0n) is 16.3. The number of pyridine rings is 1. The number of ether oxygens (including phenoxy) is 1. The first-order valence-electron chi connectivity index (χ1n) is 10.00. The van der Waals surface area contributed by atoms with E-state index in [0.29, 0.717) is 42.3 Å². The molecule has 8 heteroatoms. The predicted octanol–water partition coefficient (Wildman–Crippen LogP) is 1.56. The topological polar surface area (TPSA) is 97.5 Å². The zero-order valence-corrected chi connectivity index (χ0v) is 17.0. The summed E-state index contributed by atoms with van der Waals surface area (Å²) in [6.07, 6.45) is 3.95. The van der Waals surface area contributed by atoms with E-state index in [0.717, 1.165) is 41.0 Å². The third-order valence-corrected chi connectivity index (χ3v) is 6.07. The maximum atomic E-state index is 13.0. The average Bonchev–Trinajstić information content (AvgIpc) is 3.37. The maximum Gasteiger partial charge on any atom is 0.264 e. The molecule has 7 nitrogen and oxygen atoms in total. The Hall–Kier alpha value is -2.90. The minimum Gasteiger partial charge on any atom is -0.479 e. The smallest absolute Gasteiger partial charge is 0.264 e. The van der Waals surface area contributed by atoms with Gasteiger partial charge in [0.2, 0.25) is 5.91 Å². The highest BCUT2D eigenvalue weighted by Crippen LogP contribution is 2.45. The van der Waals surface area contributed by atoms with Crippen LogP contribution in [0.4, 0.5) is 0 Å². The Kier molecular flexibility index (Phi) is 4.72. The van der Waals surface area contributed by atoms with Gasteiger partial charge in [0.1, 0.15) is 5.75 Å². The van der Waals surface area contributed by atoms with Crippen LogP contribution in [0.1, 0.15) is 16.8 Å². The Balaban J connectivity index is 1.54. The van der Waals surface area contributed by atoms with Crippen molar-refractivity contribution in [3.8, 4) is 16.9 Å². The lowest BCUT2D eigenvalue weighted by atomic mass is 9.94. The summed E-state index contributed by atoms with van der Waals surface area (Å²) in [4.78, 5) is 31.2. The van der Waals surface area contributed by atoms with Gasteiger partial charge in [-0.2, -0.15) is 0 Å². The molecule has 2 aromatic rings. The number of aromatic nitrogens is 1. The number of carbonyl (C=O) groups excluding carboxylic acids is 2. The highest BCUT2D eigenvalue weighted by atomic mass is 35.5. The Labute approximate surface area is 178 Å². The molecule has 0 saturated carbocycles. The van der Waals surface area contributed by atoms with Gasteiger partial charge in [-0.25, -0.2) is 0 Å². The van der Waals surface area contributed by atoms with E-state index in [1.54, 1.807) is 12.3 Å². The van der Waals surface area contributed by atoms with Gasteiger partial charge < -0.3 is 20.7 Å². The molecule has 1 fully saturated rings. The molecule has 3 heterocycles. The third-order valence-electron chi connectivity index (χ3n) is 5.85. The van der Waals surface area contributed by atoms with Crippen molar-refractivity contribution in [1.29, 1.82) is 0 Å². The van der Waals surface area contributed by atoms with Gasteiger partial charge in [-0.15, -0.1) is 0 Å². The Morgan fingerprint density at radius 3 is 2.80 bits per heavy atom. The standard InChI is InChI=1S/C22H21ClN4O3/c23-13-9-12-10-18(22(29)27-7-5-25-6-8-27)30-20(12)16(11-13)14-3-4-26-17-2-1-15(19(14)17)21(24)28/h1,3-4,9,11,18,25H,2,5-8,10H2,(H2,24,28)/t18-/m0/s1. The molecule has 0 radical (unpaired) electrons. The molecule has 0 bridgehead atoms. The molecule has 5 rings (SSSR count). The highest BCUT2D eigenvalue weighted by Gasteiger charge is 2.36. The number of nitrogens with one attached hydrogen (secondary N) is 1. The molecular weight excluding hydrogens is 404 g/mol. The van der Waals surface area contributed by atoms with Crippen LogP contribution in [-0.4, -0.2) is 54.0 Å². The van der Waals surface area contributed by atoms with E-state index in [1.165, 1.54) is 0 Å². The van der Waals surface area contributed by atoms with Crippen LogP contribution in [0.25, 0.3) is 16.7 Å². The summed E-state index contributed by atoms with van der Waals surface area (Å²) in [6, 6.07) is 5.49. The van der Waals surface area contributed by atoms with E-state index >= 15 is 0 Å². The van der Waals surface area contributed by atoms with Gasteiger partial charge in [0.05, 0.1) is 5.69 Å². The maximum absolute atomic E-state index is 13.0. The number of nitrogens with zero attached hydrogens (tertiary/aromatic N) is 2. The molecule has 30 heavy (non-hydrogen) atoms. The molecule has 0 unspecified atom stereocenters. The number of primary amides is 1. The van der Waals surface area contributed by atoms with Gasteiger partial charge >= 0.3 is 0 Å². The number of piperazine rings is 1. The molecular formula is C22H21ClN4O3.